The maximum absolute atomic E-state index is 14.9. The second-order valence-electron chi connectivity index (χ2n) is 7.55. The van der Waals surface area contributed by atoms with Crippen LogP contribution in [0.25, 0.3) is 0 Å². The minimum atomic E-state index is -3.63. The van der Waals surface area contributed by atoms with Gasteiger partial charge in [0.05, 0.1) is 21.3 Å². The Balaban J connectivity index is 2.06. The Kier molecular flexibility index (Phi) is 6.98. The molecule has 0 aromatic rings. The maximum Gasteiger partial charge on any atom is 0.323 e. The lowest BCUT2D eigenvalue weighted by Crippen LogP contribution is -2.50. The van der Waals surface area contributed by atoms with Gasteiger partial charge in [-0.2, -0.15) is 0 Å². The van der Waals surface area contributed by atoms with Crippen molar-refractivity contribution in [2.45, 2.75) is 56.7 Å². The zero-order chi connectivity index (χ0) is 21.2. The molecule has 164 valence electrons. The molecule has 11 heteroatoms. The van der Waals surface area contributed by atoms with Gasteiger partial charge in [0.1, 0.15) is 18.1 Å². The Morgan fingerprint density at radius 2 is 0.931 bits per heavy atom. The molecule has 0 unspecified atom stereocenters. The normalized spacial score (nSPS) is 29.1. The van der Waals surface area contributed by atoms with Gasteiger partial charge < -0.3 is 14.2 Å². The van der Waals surface area contributed by atoms with E-state index in [0.29, 0.717) is 58.2 Å². The number of carbonyl (C=O) groups is 3. The first-order valence-corrected chi connectivity index (χ1v) is 11.6. The molecule has 3 fully saturated rings. The Hall–Kier alpha value is -1.48. The number of hydrogen-bond donors (Lipinski definition) is 0. The van der Waals surface area contributed by atoms with Crippen molar-refractivity contribution in [2.75, 3.05) is 41.0 Å². The Morgan fingerprint density at radius 3 is 1.17 bits per heavy atom. The highest BCUT2D eigenvalue weighted by atomic mass is 31.2. The van der Waals surface area contributed by atoms with Crippen molar-refractivity contribution in [1.29, 1.82) is 0 Å². The van der Waals surface area contributed by atoms with Gasteiger partial charge in [-0.15, -0.1) is 0 Å². The molecule has 3 atom stereocenters. The summed E-state index contributed by atoms with van der Waals surface area (Å²) in [6.45, 7) is 1.27. The number of methoxy groups -OCH3 is 3. The Bertz CT molecular complexity index is 613. The highest BCUT2D eigenvalue weighted by Crippen LogP contribution is 2.64. The summed E-state index contributed by atoms with van der Waals surface area (Å²) in [5.74, 6) is -1.36. The quantitative estimate of drug-likeness (QED) is 0.344. The molecule has 3 aliphatic heterocycles. The SMILES string of the molecule is COC(=O)[C@@H]1CCCN1P(=O)(N1CCC[C@H]1C(=O)OC)N1CCC[C@H]1C(=O)OC. The summed E-state index contributed by atoms with van der Waals surface area (Å²) in [4.78, 5) is 37.3. The van der Waals surface area contributed by atoms with Crippen LogP contribution in [-0.4, -0.2) is 91.0 Å². The van der Waals surface area contributed by atoms with Crippen molar-refractivity contribution in [3.05, 3.63) is 0 Å². The van der Waals surface area contributed by atoms with Gasteiger partial charge in [-0.1, -0.05) is 0 Å². The maximum atomic E-state index is 14.9. The molecular weight excluding hydrogens is 401 g/mol. The molecule has 0 bridgehead atoms. The fourth-order valence-electron chi connectivity index (χ4n) is 4.76. The number of esters is 3. The summed E-state index contributed by atoms with van der Waals surface area (Å²) in [5, 5.41) is 0. The third kappa shape index (κ3) is 3.83. The molecule has 10 nitrogen and oxygen atoms in total. The van der Waals surface area contributed by atoms with E-state index in [1.165, 1.54) is 21.3 Å². The van der Waals surface area contributed by atoms with E-state index in [0.717, 1.165) is 0 Å². The Morgan fingerprint density at radius 1 is 0.655 bits per heavy atom. The van der Waals surface area contributed by atoms with Crippen LogP contribution in [-0.2, 0) is 33.2 Å². The van der Waals surface area contributed by atoms with Crippen LogP contribution in [0, 0.1) is 0 Å². The molecule has 0 N–H and O–H groups in total. The highest BCUT2D eigenvalue weighted by Gasteiger charge is 2.57. The number of rotatable bonds is 6. The van der Waals surface area contributed by atoms with E-state index in [4.69, 9.17) is 14.2 Å². The number of hydrogen-bond acceptors (Lipinski definition) is 7. The molecule has 3 heterocycles. The van der Waals surface area contributed by atoms with Crippen LogP contribution in [0.1, 0.15) is 38.5 Å². The van der Waals surface area contributed by atoms with Crippen molar-refractivity contribution in [3.63, 3.8) is 0 Å². The Labute approximate surface area is 170 Å². The van der Waals surface area contributed by atoms with E-state index in [9.17, 15) is 18.9 Å². The van der Waals surface area contributed by atoms with Crippen molar-refractivity contribution in [2.24, 2.45) is 0 Å². The van der Waals surface area contributed by atoms with Crippen LogP contribution in [0.5, 0.6) is 0 Å². The third-order valence-electron chi connectivity index (χ3n) is 6.10. The average molecular weight is 431 g/mol. The smallest absolute Gasteiger partial charge is 0.323 e. The minimum Gasteiger partial charge on any atom is -0.468 e. The molecular formula is C18H30N3O7P. The number of ether oxygens (including phenoxy) is 3. The molecule has 0 aliphatic carbocycles. The van der Waals surface area contributed by atoms with E-state index in [-0.39, 0.29) is 0 Å². The topological polar surface area (TPSA) is 106 Å². The first kappa shape index (κ1) is 22.2. The van der Waals surface area contributed by atoms with Crippen molar-refractivity contribution < 1.29 is 33.2 Å². The highest BCUT2D eigenvalue weighted by molar-refractivity contribution is 7.56. The molecule has 3 saturated heterocycles. The summed E-state index contributed by atoms with van der Waals surface area (Å²) in [6.07, 6.45) is 3.59. The second-order valence-corrected chi connectivity index (χ2v) is 10.1. The lowest BCUT2D eigenvalue weighted by molar-refractivity contribution is -0.144. The van der Waals surface area contributed by atoms with Crippen LogP contribution >= 0.6 is 7.59 Å². The summed E-state index contributed by atoms with van der Waals surface area (Å²) < 4.78 is 34.7. The fraction of sp³-hybridized carbons (Fsp3) is 0.833. The molecule has 0 amide bonds. The summed E-state index contributed by atoms with van der Waals surface area (Å²) in [6, 6.07) is -2.03. The van der Waals surface area contributed by atoms with Gasteiger partial charge in [0.25, 0.3) is 7.59 Å². The van der Waals surface area contributed by atoms with E-state index < -0.39 is 43.6 Å². The summed E-state index contributed by atoms with van der Waals surface area (Å²) in [5.41, 5.74) is 0. The van der Waals surface area contributed by atoms with E-state index in [1.807, 2.05) is 0 Å². The monoisotopic (exact) mass is 431 g/mol. The van der Waals surface area contributed by atoms with E-state index >= 15 is 0 Å². The van der Waals surface area contributed by atoms with Crippen LogP contribution in [0.2, 0.25) is 0 Å². The summed E-state index contributed by atoms with van der Waals surface area (Å²) >= 11 is 0. The van der Waals surface area contributed by atoms with Crippen LogP contribution in [0.4, 0.5) is 0 Å². The minimum absolute atomic E-state index is 0.422. The van der Waals surface area contributed by atoms with Gasteiger partial charge in [0, 0.05) is 19.6 Å². The van der Waals surface area contributed by atoms with Crippen molar-refractivity contribution >= 4 is 25.5 Å². The van der Waals surface area contributed by atoms with Crippen LogP contribution in [0.3, 0.4) is 0 Å². The van der Waals surface area contributed by atoms with E-state index in [2.05, 4.69) is 0 Å². The second kappa shape index (κ2) is 9.12. The fourth-order valence-corrected chi connectivity index (χ4v) is 8.57. The molecule has 3 aliphatic rings. The molecule has 0 spiro atoms. The molecule has 0 aromatic carbocycles. The molecule has 0 saturated carbocycles. The van der Waals surface area contributed by atoms with Gasteiger partial charge >= 0.3 is 17.9 Å². The van der Waals surface area contributed by atoms with Crippen LogP contribution in [0.15, 0.2) is 0 Å². The van der Waals surface area contributed by atoms with Gasteiger partial charge in [0.2, 0.25) is 0 Å². The largest absolute Gasteiger partial charge is 0.468 e. The predicted octanol–water partition coefficient (Wildman–Crippen LogP) is 1.01. The molecule has 0 aromatic heterocycles. The van der Waals surface area contributed by atoms with Crippen molar-refractivity contribution in [3.8, 4) is 0 Å². The summed E-state index contributed by atoms with van der Waals surface area (Å²) in [7, 11) is 0.294. The number of nitrogens with zero attached hydrogens (tertiary/aromatic N) is 3. The molecule has 29 heavy (non-hydrogen) atoms. The standard InChI is InChI=1S/C18H30N3O7P/c1-26-16(22)13-7-4-10-19(13)29(25,20-11-5-8-14(20)17(23)27-2)21-12-6-9-15(21)18(24)28-3/h13-15H,4-12H2,1-3H3/t13-,14-,15-/m0/s1. The van der Waals surface area contributed by atoms with Gasteiger partial charge in [0.15, 0.2) is 0 Å². The average Bonchev–Trinajstić information content (AvgIpc) is 3.50. The lowest BCUT2D eigenvalue weighted by Gasteiger charge is -2.45. The molecule has 3 rings (SSSR count). The number of carbonyl (C=O) groups excluding carboxylic acids is 3. The lowest BCUT2D eigenvalue weighted by atomic mass is 10.2. The first-order valence-electron chi connectivity index (χ1n) is 10.0. The van der Waals surface area contributed by atoms with E-state index in [1.54, 1.807) is 14.0 Å². The van der Waals surface area contributed by atoms with Crippen molar-refractivity contribution in [1.82, 2.24) is 14.0 Å². The van der Waals surface area contributed by atoms with Gasteiger partial charge in [-0.05, 0) is 38.5 Å². The third-order valence-corrected chi connectivity index (χ3v) is 9.54. The first-order chi connectivity index (χ1) is 13.9. The van der Waals surface area contributed by atoms with Crippen LogP contribution < -0.4 is 0 Å². The zero-order valence-corrected chi connectivity index (χ0v) is 18.1. The molecule has 0 radical (unpaired) electrons. The predicted molar refractivity (Wildman–Crippen MR) is 103 cm³/mol. The van der Waals surface area contributed by atoms with Gasteiger partial charge in [-0.25, -0.2) is 14.0 Å². The van der Waals surface area contributed by atoms with Gasteiger partial charge in [-0.3, -0.25) is 18.9 Å². The zero-order valence-electron chi connectivity index (χ0n) is 17.2.